The molecule has 2 aromatic carbocycles. The van der Waals surface area contributed by atoms with Crippen LogP contribution >= 0.6 is 12.4 Å². The van der Waals surface area contributed by atoms with Crippen molar-refractivity contribution in [2.24, 2.45) is 5.73 Å². The van der Waals surface area contributed by atoms with E-state index in [1.165, 1.54) is 5.56 Å². The molecule has 0 bridgehead atoms. The number of halogens is 1. The van der Waals surface area contributed by atoms with Gasteiger partial charge in [-0.15, -0.1) is 12.4 Å². The van der Waals surface area contributed by atoms with E-state index >= 15 is 0 Å². The third-order valence-electron chi connectivity index (χ3n) is 3.80. The van der Waals surface area contributed by atoms with Gasteiger partial charge in [-0.25, -0.2) is 0 Å². The number of nitrogens with one attached hydrogen (secondary N) is 1. The van der Waals surface area contributed by atoms with Crippen molar-refractivity contribution in [2.75, 3.05) is 13.2 Å². The Balaban J connectivity index is 0.00000312. The highest BCUT2D eigenvalue weighted by atomic mass is 35.5. The van der Waals surface area contributed by atoms with Gasteiger partial charge in [-0.3, -0.25) is 4.79 Å². The fourth-order valence-corrected chi connectivity index (χ4v) is 2.35. The van der Waals surface area contributed by atoms with Gasteiger partial charge in [0.2, 0.25) is 5.91 Å². The highest BCUT2D eigenvalue weighted by molar-refractivity contribution is 5.85. The van der Waals surface area contributed by atoms with E-state index in [1.807, 2.05) is 54.6 Å². The number of carbonyl (C=O) groups is 1. The van der Waals surface area contributed by atoms with Gasteiger partial charge in [0.05, 0.1) is 12.6 Å². The van der Waals surface area contributed by atoms with Gasteiger partial charge in [0.25, 0.3) is 0 Å². The Morgan fingerprint density at radius 3 is 2.44 bits per heavy atom. The molecule has 0 fully saturated rings. The molecule has 0 aliphatic heterocycles. The van der Waals surface area contributed by atoms with Crippen LogP contribution in [-0.4, -0.2) is 25.1 Å². The number of hydrogen-bond acceptors (Lipinski definition) is 3. The molecule has 0 aliphatic carbocycles. The van der Waals surface area contributed by atoms with E-state index in [-0.39, 0.29) is 18.3 Å². The molecule has 25 heavy (non-hydrogen) atoms. The van der Waals surface area contributed by atoms with Crippen molar-refractivity contribution >= 4 is 18.3 Å². The van der Waals surface area contributed by atoms with E-state index in [0.717, 1.165) is 24.2 Å². The monoisotopic (exact) mass is 362 g/mol. The zero-order valence-electron chi connectivity index (χ0n) is 14.6. The minimum absolute atomic E-state index is 0. The summed E-state index contributed by atoms with van der Waals surface area (Å²) in [6, 6.07) is 17.3. The van der Waals surface area contributed by atoms with Gasteiger partial charge >= 0.3 is 0 Å². The van der Waals surface area contributed by atoms with Crippen molar-refractivity contribution in [3.63, 3.8) is 0 Å². The van der Waals surface area contributed by atoms with E-state index in [0.29, 0.717) is 19.6 Å². The van der Waals surface area contributed by atoms with Crippen molar-refractivity contribution in [1.29, 1.82) is 0 Å². The summed E-state index contributed by atoms with van der Waals surface area (Å²) in [5, 5.41) is 2.89. The van der Waals surface area contributed by atoms with Crippen LogP contribution < -0.4 is 15.8 Å². The Morgan fingerprint density at radius 2 is 1.76 bits per heavy atom. The number of nitrogens with two attached hydrogens (primary N) is 1. The van der Waals surface area contributed by atoms with Crippen LogP contribution in [0.5, 0.6) is 5.75 Å². The van der Waals surface area contributed by atoms with Gasteiger partial charge in [-0.05, 0) is 43.9 Å². The molecule has 1 unspecified atom stereocenters. The largest absolute Gasteiger partial charge is 0.494 e. The Labute approximate surface area is 156 Å². The van der Waals surface area contributed by atoms with Gasteiger partial charge in [-0.1, -0.05) is 48.0 Å². The Kier molecular flexibility index (Phi) is 9.66. The summed E-state index contributed by atoms with van der Waals surface area (Å²) in [7, 11) is 0. The highest BCUT2D eigenvalue weighted by Gasteiger charge is 2.12. The maximum absolute atomic E-state index is 12.0. The van der Waals surface area contributed by atoms with Crippen molar-refractivity contribution in [2.45, 2.75) is 32.2 Å². The van der Waals surface area contributed by atoms with Crippen LogP contribution in [0.25, 0.3) is 0 Å². The standard InChI is InChI=1S/C20H26N2O2.ClH/c1-16-9-11-18(12-10-16)24-14-6-5-13-22-20(23)19(21)15-17-7-3-2-4-8-17;/h2-4,7-12,19H,5-6,13-15,21H2,1H3,(H,22,23);1H. The van der Waals surface area contributed by atoms with E-state index in [4.69, 9.17) is 10.5 Å². The van der Waals surface area contributed by atoms with Crippen molar-refractivity contribution in [3.05, 3.63) is 65.7 Å². The molecular formula is C20H27ClN2O2. The fourth-order valence-electron chi connectivity index (χ4n) is 2.35. The topological polar surface area (TPSA) is 64.3 Å². The number of hydrogen-bond donors (Lipinski definition) is 2. The fraction of sp³-hybridized carbons (Fsp3) is 0.350. The first-order valence-electron chi connectivity index (χ1n) is 8.42. The predicted octanol–water partition coefficient (Wildman–Crippen LogP) is 3.26. The van der Waals surface area contributed by atoms with E-state index < -0.39 is 6.04 Å². The number of aryl methyl sites for hydroxylation is 1. The number of rotatable bonds is 9. The number of amides is 1. The second-order valence-corrected chi connectivity index (χ2v) is 5.96. The summed E-state index contributed by atoms with van der Waals surface area (Å²) < 4.78 is 5.66. The minimum Gasteiger partial charge on any atom is -0.494 e. The summed E-state index contributed by atoms with van der Waals surface area (Å²) in [4.78, 5) is 12.0. The molecular weight excluding hydrogens is 336 g/mol. The van der Waals surface area contributed by atoms with Gasteiger partial charge in [-0.2, -0.15) is 0 Å². The molecule has 0 saturated carbocycles. The summed E-state index contributed by atoms with van der Waals surface area (Å²) >= 11 is 0. The lowest BCUT2D eigenvalue weighted by molar-refractivity contribution is -0.122. The summed E-state index contributed by atoms with van der Waals surface area (Å²) in [5.74, 6) is 0.785. The maximum atomic E-state index is 12.0. The van der Waals surface area contributed by atoms with Crippen LogP contribution in [0.4, 0.5) is 0 Å². The van der Waals surface area contributed by atoms with Crippen molar-refractivity contribution in [1.82, 2.24) is 5.32 Å². The molecule has 1 amide bonds. The maximum Gasteiger partial charge on any atom is 0.237 e. The summed E-state index contributed by atoms with van der Waals surface area (Å²) in [5.41, 5.74) is 8.24. The summed E-state index contributed by atoms with van der Waals surface area (Å²) in [6.45, 7) is 3.32. The average molecular weight is 363 g/mol. The van der Waals surface area contributed by atoms with Crippen LogP contribution in [0.1, 0.15) is 24.0 Å². The number of benzene rings is 2. The van der Waals surface area contributed by atoms with Crippen LogP contribution in [0.2, 0.25) is 0 Å². The first-order chi connectivity index (χ1) is 11.6. The second kappa shape index (κ2) is 11.5. The normalized spacial score (nSPS) is 11.3. The quantitative estimate of drug-likeness (QED) is 0.673. The molecule has 0 saturated heterocycles. The lowest BCUT2D eigenvalue weighted by atomic mass is 10.1. The average Bonchev–Trinajstić information content (AvgIpc) is 2.60. The molecule has 4 nitrogen and oxygen atoms in total. The zero-order valence-corrected chi connectivity index (χ0v) is 15.4. The van der Waals surface area contributed by atoms with Crippen LogP contribution in [0, 0.1) is 6.92 Å². The van der Waals surface area contributed by atoms with Crippen molar-refractivity contribution < 1.29 is 9.53 Å². The van der Waals surface area contributed by atoms with Crippen molar-refractivity contribution in [3.8, 4) is 5.75 Å². The molecule has 0 radical (unpaired) electrons. The molecule has 0 aromatic heterocycles. The predicted molar refractivity (Wildman–Crippen MR) is 104 cm³/mol. The van der Waals surface area contributed by atoms with Gasteiger partial charge in [0, 0.05) is 6.54 Å². The zero-order chi connectivity index (χ0) is 17.2. The lowest BCUT2D eigenvalue weighted by Gasteiger charge is -2.12. The molecule has 0 spiro atoms. The Bertz CT molecular complexity index is 617. The van der Waals surface area contributed by atoms with Gasteiger partial charge < -0.3 is 15.8 Å². The molecule has 0 aliphatic rings. The first-order valence-corrected chi connectivity index (χ1v) is 8.42. The molecule has 2 aromatic rings. The lowest BCUT2D eigenvalue weighted by Crippen LogP contribution is -2.42. The molecule has 2 rings (SSSR count). The number of unbranched alkanes of at least 4 members (excludes halogenated alkanes) is 1. The third-order valence-corrected chi connectivity index (χ3v) is 3.80. The molecule has 0 heterocycles. The number of ether oxygens (including phenoxy) is 1. The Hall–Kier alpha value is -2.04. The van der Waals surface area contributed by atoms with E-state index in [9.17, 15) is 4.79 Å². The van der Waals surface area contributed by atoms with Gasteiger partial charge in [0.15, 0.2) is 0 Å². The van der Waals surface area contributed by atoms with E-state index in [2.05, 4.69) is 12.2 Å². The molecule has 5 heteroatoms. The first kappa shape index (κ1) is 21.0. The van der Waals surface area contributed by atoms with Crippen LogP contribution in [0.3, 0.4) is 0 Å². The second-order valence-electron chi connectivity index (χ2n) is 5.96. The number of carbonyl (C=O) groups excluding carboxylic acids is 1. The van der Waals surface area contributed by atoms with Crippen LogP contribution in [-0.2, 0) is 11.2 Å². The Morgan fingerprint density at radius 1 is 1.08 bits per heavy atom. The smallest absolute Gasteiger partial charge is 0.237 e. The van der Waals surface area contributed by atoms with Crippen LogP contribution in [0.15, 0.2) is 54.6 Å². The van der Waals surface area contributed by atoms with Gasteiger partial charge in [0.1, 0.15) is 5.75 Å². The van der Waals surface area contributed by atoms with E-state index in [1.54, 1.807) is 0 Å². The minimum atomic E-state index is -0.504. The SMILES string of the molecule is Cc1ccc(OCCCCNC(=O)C(N)Cc2ccccc2)cc1.Cl. The molecule has 3 N–H and O–H groups in total. The molecule has 136 valence electrons. The highest BCUT2D eigenvalue weighted by Crippen LogP contribution is 2.11. The molecule has 1 atom stereocenters. The summed E-state index contributed by atoms with van der Waals surface area (Å²) in [6.07, 6.45) is 2.32. The third kappa shape index (κ3) is 8.05.